The van der Waals surface area contributed by atoms with Crippen LogP contribution in [0.15, 0.2) is 47.1 Å². The van der Waals surface area contributed by atoms with Crippen molar-refractivity contribution in [3.05, 3.63) is 47.1 Å². The Morgan fingerprint density at radius 1 is 1.35 bits per heavy atom. The first-order chi connectivity index (χ1) is 9.40. The van der Waals surface area contributed by atoms with Crippen LogP contribution in [0.1, 0.15) is 40.0 Å². The third-order valence-corrected chi connectivity index (χ3v) is 4.00. The van der Waals surface area contributed by atoms with Crippen molar-refractivity contribution in [1.29, 1.82) is 0 Å². The Balaban J connectivity index is 2.07. The van der Waals surface area contributed by atoms with Crippen molar-refractivity contribution in [2.24, 2.45) is 5.41 Å². The van der Waals surface area contributed by atoms with E-state index in [0.29, 0.717) is 5.57 Å². The Kier molecular flexibility index (Phi) is 4.29. The standard InChI is InChI=1S/C17H22O3/c1-12-7-6-10-17(2,3)14(12)9-5-4-8-13-11-15(18)20-16(13)19/h4-5,8-9,11,16,19H,6-7,10H2,1-3H3/b8-4-,9-5+. The highest BCUT2D eigenvalue weighted by molar-refractivity contribution is 5.86. The van der Waals surface area contributed by atoms with Crippen molar-refractivity contribution < 1.29 is 14.6 Å². The number of carbonyl (C=O) groups is 1. The number of rotatable bonds is 3. The van der Waals surface area contributed by atoms with Gasteiger partial charge in [0.15, 0.2) is 0 Å². The summed E-state index contributed by atoms with van der Waals surface area (Å²) < 4.78 is 4.61. The lowest BCUT2D eigenvalue weighted by Crippen LogP contribution is -2.18. The maximum Gasteiger partial charge on any atom is 0.333 e. The van der Waals surface area contributed by atoms with Crippen LogP contribution >= 0.6 is 0 Å². The topological polar surface area (TPSA) is 46.5 Å². The van der Waals surface area contributed by atoms with Gasteiger partial charge in [0, 0.05) is 11.6 Å². The molecular formula is C17H22O3. The molecule has 3 nitrogen and oxygen atoms in total. The first-order valence-electron chi connectivity index (χ1n) is 7.05. The fourth-order valence-electron chi connectivity index (χ4n) is 2.88. The number of esters is 1. The van der Waals surface area contributed by atoms with E-state index in [1.807, 2.05) is 12.2 Å². The van der Waals surface area contributed by atoms with Crippen molar-refractivity contribution in [2.45, 2.75) is 46.3 Å². The Morgan fingerprint density at radius 3 is 2.65 bits per heavy atom. The van der Waals surface area contributed by atoms with Gasteiger partial charge in [-0.3, -0.25) is 0 Å². The van der Waals surface area contributed by atoms with Gasteiger partial charge in [0.2, 0.25) is 6.29 Å². The van der Waals surface area contributed by atoms with Crippen LogP contribution in [0.2, 0.25) is 0 Å². The lowest BCUT2D eigenvalue weighted by molar-refractivity contribution is -0.150. The third kappa shape index (κ3) is 3.28. The Morgan fingerprint density at radius 2 is 2.05 bits per heavy atom. The quantitative estimate of drug-likeness (QED) is 0.633. The van der Waals surface area contributed by atoms with E-state index in [1.165, 1.54) is 36.5 Å². The molecule has 2 rings (SSSR count). The Hall–Kier alpha value is -1.61. The molecule has 1 aliphatic carbocycles. The smallest absolute Gasteiger partial charge is 0.333 e. The van der Waals surface area contributed by atoms with E-state index in [9.17, 15) is 9.90 Å². The summed E-state index contributed by atoms with van der Waals surface area (Å²) in [5, 5.41) is 9.44. The van der Waals surface area contributed by atoms with E-state index in [4.69, 9.17) is 0 Å². The fourth-order valence-corrected chi connectivity index (χ4v) is 2.88. The van der Waals surface area contributed by atoms with Crippen molar-refractivity contribution in [3.8, 4) is 0 Å². The summed E-state index contributed by atoms with van der Waals surface area (Å²) in [5.41, 5.74) is 3.55. The average molecular weight is 274 g/mol. The molecule has 3 heteroatoms. The maximum absolute atomic E-state index is 11.0. The summed E-state index contributed by atoms with van der Waals surface area (Å²) in [6, 6.07) is 0. The van der Waals surface area contributed by atoms with Crippen LogP contribution in [0.5, 0.6) is 0 Å². The highest BCUT2D eigenvalue weighted by Gasteiger charge is 2.26. The van der Waals surface area contributed by atoms with Gasteiger partial charge < -0.3 is 9.84 Å². The maximum atomic E-state index is 11.0. The van der Waals surface area contributed by atoms with E-state index in [2.05, 4.69) is 31.6 Å². The van der Waals surface area contributed by atoms with Gasteiger partial charge in [0.25, 0.3) is 0 Å². The van der Waals surface area contributed by atoms with Crippen molar-refractivity contribution in [2.75, 3.05) is 0 Å². The Labute approximate surface area is 120 Å². The van der Waals surface area contributed by atoms with Crippen molar-refractivity contribution >= 4 is 5.97 Å². The van der Waals surface area contributed by atoms with Crippen LogP contribution < -0.4 is 0 Å². The molecular weight excluding hydrogens is 252 g/mol. The van der Waals surface area contributed by atoms with E-state index in [-0.39, 0.29) is 5.41 Å². The van der Waals surface area contributed by atoms with Crippen LogP contribution in [-0.4, -0.2) is 17.4 Å². The number of aliphatic hydroxyl groups is 1. The predicted octanol–water partition coefficient (Wildman–Crippen LogP) is 3.43. The number of hydrogen-bond acceptors (Lipinski definition) is 3. The van der Waals surface area contributed by atoms with Gasteiger partial charge in [0.05, 0.1) is 0 Å². The summed E-state index contributed by atoms with van der Waals surface area (Å²) >= 11 is 0. The van der Waals surface area contributed by atoms with Gasteiger partial charge in [-0.1, -0.05) is 43.7 Å². The second kappa shape index (κ2) is 5.80. The number of hydrogen-bond donors (Lipinski definition) is 1. The van der Waals surface area contributed by atoms with Crippen molar-refractivity contribution in [1.82, 2.24) is 0 Å². The number of carbonyl (C=O) groups excluding carboxylic acids is 1. The molecule has 0 spiro atoms. The van der Waals surface area contributed by atoms with Gasteiger partial charge >= 0.3 is 5.97 Å². The van der Waals surface area contributed by atoms with Crippen LogP contribution in [0.4, 0.5) is 0 Å². The number of aliphatic hydroxyl groups excluding tert-OH is 1. The minimum Gasteiger partial charge on any atom is -0.428 e. The molecule has 0 bridgehead atoms. The average Bonchev–Trinajstić information content (AvgIpc) is 2.65. The molecule has 0 saturated heterocycles. The van der Waals surface area contributed by atoms with Crippen LogP contribution in [0, 0.1) is 5.41 Å². The number of cyclic esters (lactones) is 1. The second-order valence-corrected chi connectivity index (χ2v) is 6.08. The van der Waals surface area contributed by atoms with Gasteiger partial charge in [0.1, 0.15) is 0 Å². The summed E-state index contributed by atoms with van der Waals surface area (Å²) in [4.78, 5) is 11.0. The summed E-state index contributed by atoms with van der Waals surface area (Å²) in [5.74, 6) is -0.493. The highest BCUT2D eigenvalue weighted by atomic mass is 16.6. The molecule has 1 N–H and O–H groups in total. The van der Waals surface area contributed by atoms with Crippen LogP contribution in [0.3, 0.4) is 0 Å². The highest BCUT2D eigenvalue weighted by Crippen LogP contribution is 2.40. The molecule has 108 valence electrons. The molecule has 0 fully saturated rings. The lowest BCUT2D eigenvalue weighted by Gasteiger charge is -2.32. The second-order valence-electron chi connectivity index (χ2n) is 6.08. The molecule has 0 aromatic heterocycles. The van der Waals surface area contributed by atoms with E-state index in [1.54, 1.807) is 6.08 Å². The van der Waals surface area contributed by atoms with Gasteiger partial charge in [-0.15, -0.1) is 0 Å². The predicted molar refractivity (Wildman–Crippen MR) is 78.8 cm³/mol. The summed E-state index contributed by atoms with van der Waals surface area (Å²) in [7, 11) is 0. The number of ether oxygens (including phenoxy) is 1. The SMILES string of the molecule is CC1=C(/C=C/C=C\C2=CC(=O)OC2O)C(C)(C)CCC1. The largest absolute Gasteiger partial charge is 0.428 e. The molecule has 0 amide bonds. The van der Waals surface area contributed by atoms with Gasteiger partial charge in [-0.25, -0.2) is 4.79 Å². The molecule has 1 aliphatic heterocycles. The molecule has 1 atom stereocenters. The van der Waals surface area contributed by atoms with E-state index < -0.39 is 12.3 Å². The van der Waals surface area contributed by atoms with Crippen molar-refractivity contribution in [3.63, 3.8) is 0 Å². The zero-order valence-corrected chi connectivity index (χ0v) is 12.3. The first kappa shape index (κ1) is 14.8. The van der Waals surface area contributed by atoms with Gasteiger partial charge in [-0.2, -0.15) is 0 Å². The van der Waals surface area contributed by atoms with E-state index in [0.717, 1.165) is 0 Å². The monoisotopic (exact) mass is 274 g/mol. The van der Waals surface area contributed by atoms with Gasteiger partial charge in [-0.05, 0) is 37.2 Å². The molecule has 2 aliphatic rings. The van der Waals surface area contributed by atoms with Crippen LogP contribution in [-0.2, 0) is 9.53 Å². The fraction of sp³-hybridized carbons (Fsp3) is 0.471. The molecule has 0 aromatic rings. The minimum absolute atomic E-state index is 0.220. The molecule has 0 radical (unpaired) electrons. The zero-order chi connectivity index (χ0) is 14.8. The lowest BCUT2D eigenvalue weighted by atomic mass is 9.73. The summed E-state index contributed by atoms with van der Waals surface area (Å²) in [6.07, 6.45) is 11.4. The number of allylic oxidation sites excluding steroid dienone is 5. The minimum atomic E-state index is -1.13. The normalized spacial score (nSPS) is 26.5. The zero-order valence-electron chi connectivity index (χ0n) is 12.3. The first-order valence-corrected chi connectivity index (χ1v) is 7.05. The Bertz CT molecular complexity index is 518. The molecule has 1 unspecified atom stereocenters. The van der Waals surface area contributed by atoms with E-state index >= 15 is 0 Å². The molecule has 1 heterocycles. The third-order valence-electron chi connectivity index (χ3n) is 4.00. The summed E-state index contributed by atoms with van der Waals surface area (Å²) in [6.45, 7) is 6.74. The molecule has 20 heavy (non-hydrogen) atoms. The molecule has 0 saturated carbocycles. The molecule has 0 aromatic carbocycles. The van der Waals surface area contributed by atoms with Crippen LogP contribution in [0.25, 0.3) is 0 Å².